The summed E-state index contributed by atoms with van der Waals surface area (Å²) in [6.45, 7) is 2.15. The van der Waals surface area contributed by atoms with Gasteiger partial charge in [0.2, 0.25) is 0 Å². The van der Waals surface area contributed by atoms with Gasteiger partial charge in [-0.25, -0.2) is 4.98 Å². The quantitative estimate of drug-likeness (QED) is 0.731. The lowest BCUT2D eigenvalue weighted by Crippen LogP contribution is -2.18. The van der Waals surface area contributed by atoms with Crippen molar-refractivity contribution in [1.29, 1.82) is 0 Å². The monoisotopic (exact) mass is 344 g/mol. The van der Waals surface area contributed by atoms with Crippen molar-refractivity contribution in [3.8, 4) is 5.75 Å². The first-order valence-corrected chi connectivity index (χ1v) is 7.29. The Balaban J connectivity index is 1.88. The van der Waals surface area contributed by atoms with Gasteiger partial charge < -0.3 is 4.74 Å². The van der Waals surface area contributed by atoms with Gasteiger partial charge in [0, 0.05) is 16.2 Å². The molecule has 0 amide bonds. The fourth-order valence-corrected chi connectivity index (χ4v) is 2.39. The molecule has 0 aliphatic carbocycles. The molecule has 0 saturated carbocycles. The van der Waals surface area contributed by atoms with Crippen LogP contribution in [-0.2, 0) is 6.61 Å². The predicted molar refractivity (Wildman–Crippen MR) is 84.7 cm³/mol. The van der Waals surface area contributed by atoms with Crippen molar-refractivity contribution in [2.75, 3.05) is 0 Å². The fourth-order valence-electron chi connectivity index (χ4n) is 2.13. The highest BCUT2D eigenvalue weighted by atomic mass is 79.9. The van der Waals surface area contributed by atoms with Gasteiger partial charge in [-0.1, -0.05) is 22.0 Å². The minimum atomic E-state index is -0.0903. The van der Waals surface area contributed by atoms with Gasteiger partial charge in [0.15, 0.2) is 0 Å². The van der Waals surface area contributed by atoms with Crippen molar-refractivity contribution in [3.05, 3.63) is 74.7 Å². The molecule has 0 N–H and O–H groups in total. The Morgan fingerprint density at radius 1 is 1.19 bits per heavy atom. The number of aromatic nitrogens is 2. The minimum Gasteiger partial charge on any atom is -0.487 e. The Hall–Kier alpha value is -2.14. The van der Waals surface area contributed by atoms with E-state index >= 15 is 0 Å². The van der Waals surface area contributed by atoms with Crippen molar-refractivity contribution in [1.82, 2.24) is 9.38 Å². The molecule has 2 heterocycles. The van der Waals surface area contributed by atoms with Crippen molar-refractivity contribution >= 4 is 21.6 Å². The van der Waals surface area contributed by atoms with Crippen molar-refractivity contribution < 1.29 is 4.74 Å². The van der Waals surface area contributed by atoms with Crippen LogP contribution in [0.3, 0.4) is 0 Å². The third-order valence-corrected chi connectivity index (χ3v) is 3.66. The van der Waals surface area contributed by atoms with Crippen LogP contribution < -0.4 is 10.3 Å². The zero-order valence-corrected chi connectivity index (χ0v) is 13.0. The molecule has 0 unspecified atom stereocenters. The number of benzene rings is 1. The summed E-state index contributed by atoms with van der Waals surface area (Å²) in [6, 6.07) is 14.6. The van der Waals surface area contributed by atoms with E-state index in [2.05, 4.69) is 20.9 Å². The molecule has 0 fully saturated rings. The smallest absolute Gasteiger partial charge is 0.258 e. The maximum absolute atomic E-state index is 12.1. The highest BCUT2D eigenvalue weighted by Gasteiger charge is 2.05. The van der Waals surface area contributed by atoms with Gasteiger partial charge in [-0.3, -0.25) is 9.20 Å². The summed E-state index contributed by atoms with van der Waals surface area (Å²) >= 11 is 3.37. The van der Waals surface area contributed by atoms with Crippen LogP contribution in [-0.4, -0.2) is 9.38 Å². The molecule has 21 heavy (non-hydrogen) atoms. The molecule has 0 aliphatic heterocycles. The third kappa shape index (κ3) is 2.97. The molecule has 3 rings (SSSR count). The molecular formula is C16H13BrN2O2. The Bertz CT molecular complexity index is 841. The number of ether oxygens (including phenoxy) is 1. The third-order valence-electron chi connectivity index (χ3n) is 3.13. The molecular weight excluding hydrogens is 332 g/mol. The molecule has 0 radical (unpaired) electrons. The number of hydrogen-bond acceptors (Lipinski definition) is 3. The maximum atomic E-state index is 12.1. The first-order chi connectivity index (χ1) is 10.1. The second-order valence-corrected chi connectivity index (χ2v) is 5.60. The molecule has 5 heteroatoms. The van der Waals surface area contributed by atoms with Gasteiger partial charge in [0.1, 0.15) is 18.0 Å². The summed E-state index contributed by atoms with van der Waals surface area (Å²) in [4.78, 5) is 16.6. The Morgan fingerprint density at radius 2 is 1.95 bits per heavy atom. The van der Waals surface area contributed by atoms with Gasteiger partial charge in [0.05, 0.1) is 5.69 Å². The van der Waals surface area contributed by atoms with E-state index in [1.807, 2.05) is 49.4 Å². The molecule has 4 nitrogen and oxygen atoms in total. The SMILES string of the molecule is Cc1cccc2nc(COc3ccc(Br)cc3)cc(=O)n12. The second kappa shape index (κ2) is 5.69. The largest absolute Gasteiger partial charge is 0.487 e. The van der Waals surface area contributed by atoms with Gasteiger partial charge in [-0.2, -0.15) is 0 Å². The van der Waals surface area contributed by atoms with Crippen LogP contribution in [0.1, 0.15) is 11.4 Å². The number of halogens is 1. The van der Waals surface area contributed by atoms with Gasteiger partial charge in [-0.15, -0.1) is 0 Å². The molecule has 106 valence electrons. The van der Waals surface area contributed by atoms with Crippen molar-refractivity contribution in [2.24, 2.45) is 0 Å². The average molecular weight is 345 g/mol. The van der Waals surface area contributed by atoms with Crippen LogP contribution in [0.25, 0.3) is 5.65 Å². The Morgan fingerprint density at radius 3 is 2.71 bits per heavy atom. The molecule has 2 aromatic heterocycles. The molecule has 0 aliphatic rings. The minimum absolute atomic E-state index is 0.0903. The van der Waals surface area contributed by atoms with Crippen LogP contribution in [0.5, 0.6) is 5.75 Å². The van der Waals surface area contributed by atoms with E-state index in [0.29, 0.717) is 11.3 Å². The highest BCUT2D eigenvalue weighted by Crippen LogP contribution is 2.17. The van der Waals surface area contributed by atoms with Crippen LogP contribution in [0.15, 0.2) is 57.8 Å². The second-order valence-electron chi connectivity index (χ2n) is 4.69. The first-order valence-electron chi connectivity index (χ1n) is 6.50. The lowest BCUT2D eigenvalue weighted by Gasteiger charge is -2.08. The summed E-state index contributed by atoms with van der Waals surface area (Å²) in [6.07, 6.45) is 0. The number of nitrogens with zero attached hydrogens (tertiary/aromatic N) is 2. The van der Waals surface area contributed by atoms with Crippen LogP contribution in [0, 0.1) is 6.92 Å². The van der Waals surface area contributed by atoms with E-state index in [1.54, 1.807) is 4.40 Å². The zero-order valence-electron chi connectivity index (χ0n) is 11.4. The van der Waals surface area contributed by atoms with Gasteiger partial charge >= 0.3 is 0 Å². The van der Waals surface area contributed by atoms with Gasteiger partial charge in [0.25, 0.3) is 5.56 Å². The summed E-state index contributed by atoms with van der Waals surface area (Å²) in [5.41, 5.74) is 2.03. The molecule has 0 atom stereocenters. The first kappa shape index (κ1) is 13.8. The number of pyridine rings is 1. The molecule has 0 spiro atoms. The predicted octanol–water partition coefficient (Wildman–Crippen LogP) is 3.34. The van der Waals surface area contributed by atoms with Crippen LogP contribution in [0.4, 0.5) is 0 Å². The summed E-state index contributed by atoms with van der Waals surface area (Å²) in [7, 11) is 0. The molecule has 3 aromatic rings. The molecule has 1 aromatic carbocycles. The van der Waals surface area contributed by atoms with Crippen molar-refractivity contribution in [2.45, 2.75) is 13.5 Å². The van der Waals surface area contributed by atoms with E-state index in [4.69, 9.17) is 4.74 Å². The lowest BCUT2D eigenvalue weighted by atomic mass is 10.3. The average Bonchev–Trinajstić information content (AvgIpc) is 2.46. The van der Waals surface area contributed by atoms with E-state index in [0.717, 1.165) is 15.9 Å². The standard InChI is InChI=1S/C16H13BrN2O2/c1-11-3-2-4-15-18-13(9-16(20)19(11)15)10-21-14-7-5-12(17)6-8-14/h2-9H,10H2,1H3. The maximum Gasteiger partial charge on any atom is 0.258 e. The number of rotatable bonds is 3. The molecule has 0 bridgehead atoms. The fraction of sp³-hybridized carbons (Fsp3) is 0.125. The number of fused-ring (bicyclic) bond motifs is 1. The zero-order chi connectivity index (χ0) is 14.8. The molecule has 0 saturated heterocycles. The number of hydrogen-bond donors (Lipinski definition) is 0. The summed E-state index contributed by atoms with van der Waals surface area (Å²) in [5.74, 6) is 0.740. The van der Waals surface area contributed by atoms with E-state index in [1.165, 1.54) is 6.07 Å². The Kier molecular flexibility index (Phi) is 3.75. The van der Waals surface area contributed by atoms with E-state index < -0.39 is 0 Å². The van der Waals surface area contributed by atoms with E-state index in [-0.39, 0.29) is 12.2 Å². The highest BCUT2D eigenvalue weighted by molar-refractivity contribution is 9.10. The lowest BCUT2D eigenvalue weighted by molar-refractivity contribution is 0.301. The topological polar surface area (TPSA) is 43.6 Å². The normalized spacial score (nSPS) is 10.8. The summed E-state index contributed by atoms with van der Waals surface area (Å²) in [5, 5.41) is 0. The van der Waals surface area contributed by atoms with Crippen LogP contribution in [0.2, 0.25) is 0 Å². The van der Waals surface area contributed by atoms with Crippen molar-refractivity contribution in [3.63, 3.8) is 0 Å². The van der Waals surface area contributed by atoms with Crippen LogP contribution >= 0.6 is 15.9 Å². The summed E-state index contributed by atoms with van der Waals surface area (Å²) < 4.78 is 8.23. The van der Waals surface area contributed by atoms with Gasteiger partial charge in [-0.05, 0) is 43.3 Å². The van der Waals surface area contributed by atoms with E-state index in [9.17, 15) is 4.79 Å². The Labute approximate surface area is 130 Å². The number of aryl methyl sites for hydroxylation is 1.